The van der Waals surface area contributed by atoms with E-state index in [9.17, 15) is 0 Å². The van der Waals surface area contributed by atoms with E-state index in [1.807, 2.05) is 11.3 Å². The summed E-state index contributed by atoms with van der Waals surface area (Å²) in [5.74, 6) is 0. The standard InChI is InChI=1S/C22H27N5S/c1-14-10-18-22(28-14)20(27-13-19-21(27)12-24-19)11-17(25-18)15-2-4-16(5-3-15)26-8-6-23-7-9-26/h2-5,10-11,17,19,21,23-25H,6-9,12-13H2,1H3. The highest BCUT2D eigenvalue weighted by Crippen LogP contribution is 2.45. The largest absolute Gasteiger partial charge is 0.373 e. The summed E-state index contributed by atoms with van der Waals surface area (Å²) < 4.78 is 0. The van der Waals surface area contributed by atoms with Gasteiger partial charge in [0.1, 0.15) is 0 Å². The number of aryl methyl sites for hydroxylation is 1. The van der Waals surface area contributed by atoms with E-state index in [1.54, 1.807) is 0 Å². The molecule has 5 nitrogen and oxygen atoms in total. The Balaban J connectivity index is 1.29. The van der Waals surface area contributed by atoms with Gasteiger partial charge in [0.2, 0.25) is 0 Å². The first-order chi connectivity index (χ1) is 13.8. The van der Waals surface area contributed by atoms with Gasteiger partial charge < -0.3 is 25.8 Å². The number of hydrogen-bond donors (Lipinski definition) is 3. The normalized spacial score (nSPS) is 28.5. The molecule has 0 bridgehead atoms. The molecule has 1 aromatic heterocycles. The molecule has 2 aromatic rings. The highest BCUT2D eigenvalue weighted by Gasteiger charge is 2.47. The molecule has 4 aliphatic rings. The molecule has 3 saturated heterocycles. The Kier molecular flexibility index (Phi) is 3.93. The minimum atomic E-state index is 0.237. The van der Waals surface area contributed by atoms with Crippen molar-refractivity contribution in [2.45, 2.75) is 25.0 Å². The third-order valence-electron chi connectivity index (χ3n) is 6.61. The number of thiophene rings is 1. The Hall–Kier alpha value is -2.02. The lowest BCUT2D eigenvalue weighted by Crippen LogP contribution is -2.76. The number of nitrogens with zero attached hydrogens (tertiary/aromatic N) is 2. The second kappa shape index (κ2) is 6.51. The zero-order chi connectivity index (χ0) is 18.7. The number of rotatable bonds is 3. The number of piperazine rings is 2. The molecule has 146 valence electrons. The molecule has 3 atom stereocenters. The SMILES string of the molecule is Cc1cc2c(s1)C(N1CC3NCC31)=CC(c1ccc(N3CCNCC3)cc1)N2. The van der Waals surface area contributed by atoms with E-state index < -0.39 is 0 Å². The van der Waals surface area contributed by atoms with Crippen molar-refractivity contribution < 1.29 is 0 Å². The van der Waals surface area contributed by atoms with Gasteiger partial charge in [-0.05, 0) is 36.8 Å². The first-order valence-corrected chi connectivity index (χ1v) is 11.2. The van der Waals surface area contributed by atoms with Crippen molar-refractivity contribution in [3.63, 3.8) is 0 Å². The Morgan fingerprint density at radius 2 is 1.93 bits per heavy atom. The van der Waals surface area contributed by atoms with E-state index in [2.05, 4.69) is 69.1 Å². The molecule has 28 heavy (non-hydrogen) atoms. The average Bonchev–Trinajstić information content (AvgIpc) is 3.10. The van der Waals surface area contributed by atoms with Gasteiger partial charge in [-0.1, -0.05) is 12.1 Å². The van der Waals surface area contributed by atoms with Gasteiger partial charge in [-0.3, -0.25) is 0 Å². The molecule has 0 aliphatic carbocycles. The van der Waals surface area contributed by atoms with Crippen LogP contribution in [0.1, 0.15) is 21.4 Å². The van der Waals surface area contributed by atoms with Crippen molar-refractivity contribution in [3.05, 3.63) is 51.7 Å². The molecule has 4 aliphatic heterocycles. The van der Waals surface area contributed by atoms with Gasteiger partial charge in [-0.15, -0.1) is 11.3 Å². The third-order valence-corrected chi connectivity index (χ3v) is 7.69. The van der Waals surface area contributed by atoms with Crippen LogP contribution >= 0.6 is 11.3 Å². The Labute approximate surface area is 170 Å². The van der Waals surface area contributed by atoms with Gasteiger partial charge >= 0.3 is 0 Å². The van der Waals surface area contributed by atoms with Crippen LogP contribution in [0.4, 0.5) is 11.4 Å². The smallest absolute Gasteiger partial charge is 0.0736 e. The predicted molar refractivity (Wildman–Crippen MR) is 117 cm³/mol. The maximum Gasteiger partial charge on any atom is 0.0736 e. The number of fused-ring (bicyclic) bond motifs is 2. The lowest BCUT2D eigenvalue weighted by Gasteiger charge is -2.58. The monoisotopic (exact) mass is 393 g/mol. The minimum Gasteiger partial charge on any atom is -0.373 e. The Bertz CT molecular complexity index is 912. The second-order valence-corrected chi connectivity index (χ2v) is 9.59. The molecule has 0 saturated carbocycles. The molecule has 6 heteroatoms. The summed E-state index contributed by atoms with van der Waals surface area (Å²) in [5, 5.41) is 10.7. The van der Waals surface area contributed by atoms with Crippen molar-refractivity contribution in [2.75, 3.05) is 49.5 Å². The van der Waals surface area contributed by atoms with Crippen LogP contribution in [-0.2, 0) is 0 Å². The predicted octanol–water partition coefficient (Wildman–Crippen LogP) is 2.63. The fraction of sp³-hybridized carbons (Fsp3) is 0.455. The van der Waals surface area contributed by atoms with Crippen LogP contribution in [-0.4, -0.2) is 56.3 Å². The molecular weight excluding hydrogens is 366 g/mol. The summed E-state index contributed by atoms with van der Waals surface area (Å²) >= 11 is 1.92. The van der Waals surface area contributed by atoms with E-state index >= 15 is 0 Å². The van der Waals surface area contributed by atoms with Crippen molar-refractivity contribution in [1.82, 2.24) is 15.5 Å². The van der Waals surface area contributed by atoms with E-state index in [-0.39, 0.29) is 6.04 Å². The number of benzene rings is 1. The van der Waals surface area contributed by atoms with Crippen molar-refractivity contribution in [3.8, 4) is 0 Å². The number of nitrogens with one attached hydrogen (secondary N) is 3. The fourth-order valence-corrected chi connectivity index (χ4v) is 5.88. The van der Waals surface area contributed by atoms with E-state index in [0.717, 1.165) is 39.3 Å². The Morgan fingerprint density at radius 3 is 2.61 bits per heavy atom. The first-order valence-electron chi connectivity index (χ1n) is 10.4. The first kappa shape index (κ1) is 16.9. The lowest BCUT2D eigenvalue weighted by molar-refractivity contribution is 0.0348. The van der Waals surface area contributed by atoms with Gasteiger partial charge in [0.05, 0.1) is 28.3 Å². The van der Waals surface area contributed by atoms with Crippen LogP contribution in [0.15, 0.2) is 36.4 Å². The topological polar surface area (TPSA) is 42.6 Å². The quantitative estimate of drug-likeness (QED) is 0.748. The molecular formula is C22H27N5S. The summed E-state index contributed by atoms with van der Waals surface area (Å²) in [7, 11) is 0. The number of likely N-dealkylation sites (tertiary alicyclic amines) is 1. The molecule has 3 unspecified atom stereocenters. The average molecular weight is 394 g/mol. The molecule has 1 aromatic carbocycles. The van der Waals surface area contributed by atoms with Crippen molar-refractivity contribution in [2.24, 2.45) is 0 Å². The zero-order valence-electron chi connectivity index (χ0n) is 16.2. The van der Waals surface area contributed by atoms with Gasteiger partial charge in [0.15, 0.2) is 0 Å². The number of hydrogen-bond acceptors (Lipinski definition) is 6. The summed E-state index contributed by atoms with van der Waals surface area (Å²) in [6, 6.07) is 13.1. The van der Waals surface area contributed by atoms with Gasteiger partial charge in [0.25, 0.3) is 0 Å². The lowest BCUT2D eigenvalue weighted by atomic mass is 9.86. The molecule has 0 radical (unpaired) electrons. The van der Waals surface area contributed by atoms with E-state index in [1.165, 1.54) is 32.4 Å². The van der Waals surface area contributed by atoms with Crippen LogP contribution in [0, 0.1) is 6.92 Å². The van der Waals surface area contributed by atoms with Crippen molar-refractivity contribution in [1.29, 1.82) is 0 Å². The second-order valence-electron chi connectivity index (χ2n) is 8.34. The maximum atomic E-state index is 3.78. The van der Waals surface area contributed by atoms with Crippen molar-refractivity contribution >= 4 is 28.4 Å². The van der Waals surface area contributed by atoms with Gasteiger partial charge in [-0.25, -0.2) is 0 Å². The molecule has 3 fully saturated rings. The third kappa shape index (κ3) is 2.66. The minimum absolute atomic E-state index is 0.237. The van der Waals surface area contributed by atoms with Crippen LogP contribution in [0.25, 0.3) is 5.70 Å². The molecule has 0 spiro atoms. The van der Waals surface area contributed by atoms with E-state index in [0.29, 0.717) is 12.1 Å². The summed E-state index contributed by atoms with van der Waals surface area (Å²) in [5.41, 5.74) is 5.41. The summed E-state index contributed by atoms with van der Waals surface area (Å²) in [4.78, 5) is 7.87. The molecule has 6 rings (SSSR count). The molecule has 5 heterocycles. The van der Waals surface area contributed by atoms with Crippen LogP contribution in [0.5, 0.6) is 0 Å². The molecule has 0 amide bonds. The maximum absolute atomic E-state index is 3.78. The highest BCUT2D eigenvalue weighted by molar-refractivity contribution is 7.13. The van der Waals surface area contributed by atoms with E-state index in [4.69, 9.17) is 0 Å². The van der Waals surface area contributed by atoms with Gasteiger partial charge in [-0.2, -0.15) is 0 Å². The van der Waals surface area contributed by atoms with Crippen LogP contribution in [0.2, 0.25) is 0 Å². The fourth-order valence-electron chi connectivity index (χ4n) is 4.87. The van der Waals surface area contributed by atoms with Crippen LogP contribution in [0.3, 0.4) is 0 Å². The zero-order valence-corrected chi connectivity index (χ0v) is 17.1. The summed E-state index contributed by atoms with van der Waals surface area (Å²) in [6.45, 7) is 8.81. The van der Waals surface area contributed by atoms with Crippen LogP contribution < -0.4 is 20.9 Å². The summed E-state index contributed by atoms with van der Waals surface area (Å²) in [6.07, 6.45) is 2.45. The number of anilines is 2. The Morgan fingerprint density at radius 1 is 1.11 bits per heavy atom. The van der Waals surface area contributed by atoms with Gasteiger partial charge in [0, 0.05) is 55.9 Å². The molecule has 3 N–H and O–H groups in total. The highest BCUT2D eigenvalue weighted by atomic mass is 32.1.